The molecule has 2 rings (SSSR count). The molecule has 27 heavy (non-hydrogen) atoms. The lowest BCUT2D eigenvalue weighted by atomic mass is 9.83. The molecular formula is C18H35IN6OS. The lowest BCUT2D eigenvalue weighted by Crippen LogP contribution is -2.53. The van der Waals surface area contributed by atoms with Crippen LogP contribution in [0.25, 0.3) is 0 Å². The second-order valence-electron chi connectivity index (χ2n) is 6.86. The van der Waals surface area contributed by atoms with Crippen molar-refractivity contribution in [1.29, 1.82) is 0 Å². The van der Waals surface area contributed by atoms with Gasteiger partial charge in [-0.25, -0.2) is 4.98 Å². The maximum Gasteiger partial charge on any atom is 0.205 e. The van der Waals surface area contributed by atoms with Gasteiger partial charge in [0, 0.05) is 56.1 Å². The number of hydrogen-bond donors (Lipinski definition) is 2. The number of nitrogens with zero attached hydrogens (tertiary/aromatic N) is 5. The van der Waals surface area contributed by atoms with Crippen molar-refractivity contribution in [3.05, 3.63) is 5.82 Å². The molecule has 1 aromatic rings. The summed E-state index contributed by atoms with van der Waals surface area (Å²) in [7, 11) is 0. The van der Waals surface area contributed by atoms with Crippen LogP contribution in [0.4, 0.5) is 5.13 Å². The minimum atomic E-state index is -0.106. The first-order chi connectivity index (χ1) is 12.6. The summed E-state index contributed by atoms with van der Waals surface area (Å²) in [5, 5.41) is 14.2. The number of aliphatic hydroxyl groups is 1. The van der Waals surface area contributed by atoms with Crippen LogP contribution in [0.3, 0.4) is 0 Å². The van der Waals surface area contributed by atoms with Crippen LogP contribution in [0.2, 0.25) is 0 Å². The molecule has 1 aromatic heterocycles. The first-order valence-corrected chi connectivity index (χ1v) is 10.6. The van der Waals surface area contributed by atoms with Crippen molar-refractivity contribution in [3.8, 4) is 0 Å². The molecule has 7 nitrogen and oxygen atoms in total. The highest BCUT2D eigenvalue weighted by atomic mass is 127. The predicted octanol–water partition coefficient (Wildman–Crippen LogP) is 2.60. The van der Waals surface area contributed by atoms with E-state index in [2.05, 4.69) is 52.2 Å². The lowest BCUT2D eigenvalue weighted by molar-refractivity contribution is 0.123. The van der Waals surface area contributed by atoms with E-state index in [9.17, 15) is 5.11 Å². The topological polar surface area (TPSA) is 76.9 Å². The van der Waals surface area contributed by atoms with E-state index in [0.717, 1.165) is 68.9 Å². The number of guanidine groups is 1. The highest BCUT2D eigenvalue weighted by molar-refractivity contribution is 14.0. The zero-order valence-corrected chi connectivity index (χ0v) is 20.2. The Morgan fingerprint density at radius 2 is 1.85 bits per heavy atom. The number of piperazine rings is 1. The Morgan fingerprint density at radius 3 is 2.33 bits per heavy atom. The summed E-state index contributed by atoms with van der Waals surface area (Å²) in [6.07, 6.45) is 2.76. The number of nitrogens with one attached hydrogen (secondary N) is 1. The van der Waals surface area contributed by atoms with E-state index in [0.29, 0.717) is 6.54 Å². The van der Waals surface area contributed by atoms with Gasteiger partial charge in [0.2, 0.25) is 5.13 Å². The number of aliphatic hydroxyl groups excluding tert-OH is 1. The van der Waals surface area contributed by atoms with E-state index >= 15 is 0 Å². The van der Waals surface area contributed by atoms with Gasteiger partial charge in [0.1, 0.15) is 5.82 Å². The van der Waals surface area contributed by atoms with Gasteiger partial charge >= 0.3 is 0 Å². The summed E-state index contributed by atoms with van der Waals surface area (Å²) >= 11 is 1.50. The normalized spacial score (nSPS) is 15.7. The van der Waals surface area contributed by atoms with Gasteiger partial charge in [-0.1, -0.05) is 20.8 Å². The maximum atomic E-state index is 9.79. The average Bonchev–Trinajstić information content (AvgIpc) is 3.18. The first-order valence-electron chi connectivity index (χ1n) is 9.83. The SMILES string of the molecule is CCNC(=NCC(CC)(CC)CO)N1CCN(c2nc(CC)ns2)CC1.I. The largest absolute Gasteiger partial charge is 0.396 e. The molecule has 1 fully saturated rings. The zero-order chi connectivity index (χ0) is 19.0. The summed E-state index contributed by atoms with van der Waals surface area (Å²) in [5.41, 5.74) is -0.106. The van der Waals surface area contributed by atoms with Crippen LogP contribution in [0.15, 0.2) is 4.99 Å². The van der Waals surface area contributed by atoms with Crippen LogP contribution >= 0.6 is 35.5 Å². The quantitative estimate of drug-likeness (QED) is 0.318. The van der Waals surface area contributed by atoms with E-state index in [1.807, 2.05) is 0 Å². The molecule has 156 valence electrons. The fraction of sp³-hybridized carbons (Fsp3) is 0.833. The lowest BCUT2D eigenvalue weighted by Gasteiger charge is -2.37. The van der Waals surface area contributed by atoms with Crippen LogP contribution < -0.4 is 10.2 Å². The first kappa shape index (κ1) is 24.4. The van der Waals surface area contributed by atoms with E-state index in [4.69, 9.17) is 4.99 Å². The van der Waals surface area contributed by atoms with E-state index in [-0.39, 0.29) is 36.0 Å². The van der Waals surface area contributed by atoms with Crippen molar-refractivity contribution in [1.82, 2.24) is 19.6 Å². The van der Waals surface area contributed by atoms with Crippen LogP contribution in [-0.4, -0.2) is 71.2 Å². The van der Waals surface area contributed by atoms with Crippen molar-refractivity contribution in [3.63, 3.8) is 0 Å². The van der Waals surface area contributed by atoms with E-state index in [1.165, 1.54) is 11.5 Å². The van der Waals surface area contributed by atoms with Crippen molar-refractivity contribution in [2.45, 2.75) is 47.0 Å². The monoisotopic (exact) mass is 510 g/mol. The summed E-state index contributed by atoms with van der Waals surface area (Å²) < 4.78 is 4.39. The van der Waals surface area contributed by atoms with Crippen LogP contribution in [0, 0.1) is 5.41 Å². The summed E-state index contributed by atoms with van der Waals surface area (Å²) in [5.74, 6) is 1.89. The van der Waals surface area contributed by atoms with Crippen molar-refractivity contribution >= 4 is 46.6 Å². The highest BCUT2D eigenvalue weighted by Crippen LogP contribution is 2.26. The van der Waals surface area contributed by atoms with Gasteiger partial charge in [-0.2, -0.15) is 4.37 Å². The smallest absolute Gasteiger partial charge is 0.205 e. The molecule has 0 aromatic carbocycles. The molecule has 0 spiro atoms. The Balaban J connectivity index is 0.00000364. The number of rotatable bonds is 8. The third kappa shape index (κ3) is 6.42. The number of anilines is 1. The van der Waals surface area contributed by atoms with Gasteiger partial charge in [0.15, 0.2) is 5.96 Å². The van der Waals surface area contributed by atoms with Crippen molar-refractivity contribution in [2.24, 2.45) is 10.4 Å². The molecule has 0 aliphatic carbocycles. The summed E-state index contributed by atoms with van der Waals surface area (Å²) in [4.78, 5) is 14.1. The molecule has 1 aliphatic rings. The molecule has 0 atom stereocenters. The Kier molecular flexibility index (Phi) is 10.8. The molecule has 0 amide bonds. The van der Waals surface area contributed by atoms with E-state index in [1.54, 1.807) is 0 Å². The molecule has 1 aliphatic heterocycles. The maximum absolute atomic E-state index is 9.79. The highest BCUT2D eigenvalue weighted by Gasteiger charge is 2.27. The molecule has 2 N–H and O–H groups in total. The summed E-state index contributed by atoms with van der Waals surface area (Å²) in [6.45, 7) is 13.8. The fourth-order valence-electron chi connectivity index (χ4n) is 3.04. The van der Waals surface area contributed by atoms with Crippen molar-refractivity contribution in [2.75, 3.05) is 50.8 Å². The minimum Gasteiger partial charge on any atom is -0.396 e. The number of aliphatic imine (C=N–C) groups is 1. The second kappa shape index (κ2) is 12.0. The van der Waals surface area contributed by atoms with Crippen LogP contribution in [0.1, 0.15) is 46.4 Å². The summed E-state index contributed by atoms with van der Waals surface area (Å²) in [6, 6.07) is 0. The number of hydrogen-bond acceptors (Lipinski definition) is 6. The molecule has 0 saturated carbocycles. The van der Waals surface area contributed by atoms with Crippen LogP contribution in [0.5, 0.6) is 0 Å². The third-order valence-corrected chi connectivity index (χ3v) is 6.17. The third-order valence-electron chi connectivity index (χ3n) is 5.36. The van der Waals surface area contributed by atoms with E-state index < -0.39 is 0 Å². The molecule has 1 saturated heterocycles. The standard InChI is InChI=1S/C18H34N6OS.HI/c1-5-15-21-17(26-22-15)24-11-9-23(10-12-24)16(19-8-4)20-13-18(6-2,7-3)14-25;/h25H,5-14H2,1-4H3,(H,19,20);1H. The fourth-order valence-corrected chi connectivity index (χ4v) is 3.84. The molecule has 9 heteroatoms. The van der Waals surface area contributed by atoms with Crippen LogP contribution in [-0.2, 0) is 6.42 Å². The molecule has 0 bridgehead atoms. The Labute approximate surface area is 184 Å². The number of aryl methyl sites for hydroxylation is 1. The minimum absolute atomic E-state index is 0. The second-order valence-corrected chi connectivity index (χ2v) is 7.59. The van der Waals surface area contributed by atoms with Gasteiger partial charge in [-0.3, -0.25) is 4.99 Å². The predicted molar refractivity (Wildman–Crippen MR) is 125 cm³/mol. The zero-order valence-electron chi connectivity index (χ0n) is 17.1. The molecule has 0 unspecified atom stereocenters. The Hall–Kier alpha value is -0.680. The molecule has 0 radical (unpaired) electrons. The van der Waals surface area contributed by atoms with Gasteiger partial charge in [0.05, 0.1) is 13.2 Å². The Bertz CT molecular complexity index is 562. The van der Waals surface area contributed by atoms with Gasteiger partial charge < -0.3 is 20.2 Å². The number of halogens is 1. The molecule has 2 heterocycles. The van der Waals surface area contributed by atoms with Gasteiger partial charge in [-0.15, -0.1) is 24.0 Å². The molecular weight excluding hydrogens is 475 g/mol. The van der Waals surface area contributed by atoms with Gasteiger partial charge in [-0.05, 0) is 19.8 Å². The van der Waals surface area contributed by atoms with Gasteiger partial charge in [0.25, 0.3) is 0 Å². The number of aromatic nitrogens is 2. The van der Waals surface area contributed by atoms with Crippen molar-refractivity contribution < 1.29 is 5.11 Å². The average molecular weight is 510 g/mol. The Morgan fingerprint density at radius 1 is 1.19 bits per heavy atom.